The predicted octanol–water partition coefficient (Wildman–Crippen LogP) is 3.79. The molecule has 0 aliphatic rings. The van der Waals surface area contributed by atoms with Gasteiger partial charge in [0.25, 0.3) is 5.91 Å². The molecule has 140 valence electrons. The molecule has 0 saturated heterocycles. The fourth-order valence-electron chi connectivity index (χ4n) is 2.50. The van der Waals surface area contributed by atoms with Gasteiger partial charge >= 0.3 is 0 Å². The Morgan fingerprint density at radius 3 is 2.64 bits per heavy atom. The van der Waals surface area contributed by atoms with Crippen molar-refractivity contribution in [2.75, 3.05) is 12.4 Å². The van der Waals surface area contributed by atoms with Crippen LogP contribution in [-0.2, 0) is 0 Å². The van der Waals surface area contributed by atoms with E-state index in [1.165, 1.54) is 41.5 Å². The molecule has 0 aliphatic carbocycles. The number of pyridine rings is 1. The van der Waals surface area contributed by atoms with Gasteiger partial charge in [-0.1, -0.05) is 6.07 Å². The van der Waals surface area contributed by atoms with Gasteiger partial charge in [-0.3, -0.25) is 4.79 Å². The molecule has 1 N–H and O–H groups in total. The topological polar surface area (TPSA) is 81.9 Å². The molecule has 0 spiro atoms. The Hall–Kier alpha value is -3.59. The minimum absolute atomic E-state index is 0.0106. The zero-order chi connectivity index (χ0) is 19.5. The number of nitrogens with one attached hydrogen (secondary N) is 1. The quantitative estimate of drug-likeness (QED) is 0.556. The maximum absolute atomic E-state index is 13.3. The second-order valence-corrected chi connectivity index (χ2v) is 6.62. The third-order valence-corrected chi connectivity index (χ3v) is 4.69. The zero-order valence-corrected chi connectivity index (χ0v) is 15.5. The van der Waals surface area contributed by atoms with E-state index in [-0.39, 0.29) is 11.6 Å². The first-order chi connectivity index (χ1) is 13.6. The second-order valence-electron chi connectivity index (χ2n) is 5.67. The number of thiophene rings is 1. The van der Waals surface area contributed by atoms with Crippen molar-refractivity contribution in [1.29, 1.82) is 0 Å². The lowest BCUT2D eigenvalue weighted by Crippen LogP contribution is -2.14. The summed E-state index contributed by atoms with van der Waals surface area (Å²) in [7, 11) is 1.51. The van der Waals surface area contributed by atoms with Crippen LogP contribution in [0.25, 0.3) is 16.4 Å². The van der Waals surface area contributed by atoms with Crippen LogP contribution in [0.15, 0.2) is 60.1 Å². The Labute approximate surface area is 163 Å². The highest BCUT2D eigenvalue weighted by Gasteiger charge is 2.19. The van der Waals surface area contributed by atoms with Gasteiger partial charge in [0.2, 0.25) is 11.7 Å². The Balaban J connectivity index is 1.68. The number of hydrogen-bond acceptors (Lipinski definition) is 6. The molecule has 1 aromatic carbocycles. The van der Waals surface area contributed by atoms with Gasteiger partial charge in [-0.15, -0.1) is 16.4 Å². The molecular weight excluding hydrogens is 381 g/mol. The van der Waals surface area contributed by atoms with Gasteiger partial charge in [-0.05, 0) is 41.8 Å². The first-order valence-corrected chi connectivity index (χ1v) is 9.10. The molecule has 4 rings (SSSR count). The normalized spacial score (nSPS) is 10.6. The highest BCUT2D eigenvalue weighted by molar-refractivity contribution is 7.13. The molecule has 4 aromatic rings. The average Bonchev–Trinajstić information content (AvgIpc) is 3.39. The van der Waals surface area contributed by atoms with E-state index in [9.17, 15) is 9.18 Å². The van der Waals surface area contributed by atoms with Crippen molar-refractivity contribution in [2.45, 2.75) is 0 Å². The number of hydrogen-bond donors (Lipinski definition) is 1. The van der Waals surface area contributed by atoms with E-state index in [2.05, 4.69) is 20.4 Å². The summed E-state index contributed by atoms with van der Waals surface area (Å²) in [6.45, 7) is 0. The Morgan fingerprint density at radius 2 is 2.00 bits per heavy atom. The maximum Gasteiger partial charge on any atom is 0.295 e. The molecule has 3 aromatic heterocycles. The van der Waals surface area contributed by atoms with Crippen LogP contribution in [-0.4, -0.2) is 32.8 Å². The van der Waals surface area contributed by atoms with Crippen LogP contribution in [0.5, 0.6) is 5.88 Å². The van der Waals surface area contributed by atoms with Crippen molar-refractivity contribution < 1.29 is 13.9 Å². The van der Waals surface area contributed by atoms with Gasteiger partial charge in [-0.25, -0.2) is 19.0 Å². The van der Waals surface area contributed by atoms with Crippen molar-refractivity contribution in [3.8, 4) is 22.3 Å². The van der Waals surface area contributed by atoms with Gasteiger partial charge in [-0.2, -0.15) is 0 Å². The number of carbonyl (C=O) groups is 1. The average molecular weight is 395 g/mol. The van der Waals surface area contributed by atoms with Gasteiger partial charge in [0.1, 0.15) is 5.82 Å². The van der Waals surface area contributed by atoms with E-state index in [4.69, 9.17) is 4.74 Å². The molecule has 28 heavy (non-hydrogen) atoms. The Bertz CT molecular complexity index is 1090. The van der Waals surface area contributed by atoms with Crippen LogP contribution in [0.3, 0.4) is 0 Å². The summed E-state index contributed by atoms with van der Waals surface area (Å²) < 4.78 is 19.8. The van der Waals surface area contributed by atoms with Crippen LogP contribution in [0, 0.1) is 5.82 Å². The first-order valence-electron chi connectivity index (χ1n) is 8.22. The van der Waals surface area contributed by atoms with E-state index in [0.29, 0.717) is 23.1 Å². The molecule has 0 unspecified atom stereocenters. The lowest BCUT2D eigenvalue weighted by molar-refractivity contribution is 0.101. The predicted molar refractivity (Wildman–Crippen MR) is 103 cm³/mol. The number of amides is 1. The van der Waals surface area contributed by atoms with Crippen molar-refractivity contribution in [1.82, 2.24) is 19.7 Å². The van der Waals surface area contributed by atoms with Crippen molar-refractivity contribution in [2.24, 2.45) is 0 Å². The Kier molecular flexibility index (Phi) is 4.81. The van der Waals surface area contributed by atoms with E-state index in [1.807, 2.05) is 17.5 Å². The number of methoxy groups -OCH3 is 1. The van der Waals surface area contributed by atoms with E-state index >= 15 is 0 Å². The number of halogens is 1. The third-order valence-electron chi connectivity index (χ3n) is 3.83. The summed E-state index contributed by atoms with van der Waals surface area (Å²) >= 11 is 1.47. The highest BCUT2D eigenvalue weighted by Crippen LogP contribution is 2.26. The lowest BCUT2D eigenvalue weighted by Gasteiger charge is -2.04. The number of aromatic nitrogens is 4. The SMILES string of the molecule is COc1ccc(NC(=O)c2nc(-c3cccs3)n(-c3ccc(F)cc3)n2)cn1. The molecule has 3 heterocycles. The van der Waals surface area contributed by atoms with Crippen LogP contribution in [0.4, 0.5) is 10.1 Å². The molecule has 9 heteroatoms. The summed E-state index contributed by atoms with van der Waals surface area (Å²) in [5.41, 5.74) is 1.09. The number of ether oxygens (including phenoxy) is 1. The first kappa shape index (κ1) is 17.8. The van der Waals surface area contributed by atoms with Crippen molar-refractivity contribution in [3.05, 3.63) is 71.7 Å². The molecule has 0 bridgehead atoms. The fraction of sp³-hybridized carbons (Fsp3) is 0.0526. The monoisotopic (exact) mass is 395 g/mol. The zero-order valence-electron chi connectivity index (χ0n) is 14.7. The van der Waals surface area contributed by atoms with Crippen LogP contribution in [0.1, 0.15) is 10.6 Å². The highest BCUT2D eigenvalue weighted by atomic mass is 32.1. The van der Waals surface area contributed by atoms with E-state index in [0.717, 1.165) is 4.88 Å². The molecule has 7 nitrogen and oxygen atoms in total. The lowest BCUT2D eigenvalue weighted by atomic mass is 10.3. The summed E-state index contributed by atoms with van der Waals surface area (Å²) in [5.74, 6) is 0.0944. The molecule has 0 saturated carbocycles. The molecule has 0 aliphatic heterocycles. The third kappa shape index (κ3) is 3.60. The van der Waals surface area contributed by atoms with Crippen LogP contribution in [0.2, 0.25) is 0 Å². The maximum atomic E-state index is 13.3. The van der Waals surface area contributed by atoms with Gasteiger partial charge < -0.3 is 10.1 Å². The molecule has 0 atom stereocenters. The standard InChI is InChI=1S/C19H14FN5O2S/c1-27-16-9-6-13(11-21-16)22-19(26)17-23-18(15-3-2-10-28-15)25(24-17)14-7-4-12(20)5-8-14/h2-11H,1H3,(H,22,26). The Morgan fingerprint density at radius 1 is 1.18 bits per heavy atom. The van der Waals surface area contributed by atoms with E-state index < -0.39 is 5.91 Å². The number of nitrogens with zero attached hydrogens (tertiary/aromatic N) is 4. The van der Waals surface area contributed by atoms with Gasteiger partial charge in [0.15, 0.2) is 5.82 Å². The number of carbonyl (C=O) groups excluding carboxylic acids is 1. The molecule has 1 amide bonds. The van der Waals surface area contributed by atoms with Gasteiger partial charge in [0, 0.05) is 6.07 Å². The van der Waals surface area contributed by atoms with E-state index in [1.54, 1.807) is 24.3 Å². The minimum Gasteiger partial charge on any atom is -0.481 e. The van der Waals surface area contributed by atoms with Crippen LogP contribution >= 0.6 is 11.3 Å². The van der Waals surface area contributed by atoms with Gasteiger partial charge in [0.05, 0.1) is 29.6 Å². The molecule has 0 radical (unpaired) electrons. The summed E-state index contributed by atoms with van der Waals surface area (Å²) in [5, 5.41) is 8.94. The summed E-state index contributed by atoms with van der Waals surface area (Å²) in [6, 6.07) is 12.9. The summed E-state index contributed by atoms with van der Waals surface area (Å²) in [6.07, 6.45) is 1.48. The second kappa shape index (κ2) is 7.57. The number of benzene rings is 1. The number of rotatable bonds is 5. The molecular formula is C19H14FN5O2S. The fourth-order valence-corrected chi connectivity index (χ4v) is 3.20. The van der Waals surface area contributed by atoms with Crippen molar-refractivity contribution >= 4 is 22.9 Å². The van der Waals surface area contributed by atoms with Crippen molar-refractivity contribution in [3.63, 3.8) is 0 Å². The largest absolute Gasteiger partial charge is 0.481 e. The molecule has 0 fully saturated rings. The minimum atomic E-state index is -0.481. The van der Waals surface area contributed by atoms with Crippen LogP contribution < -0.4 is 10.1 Å². The summed E-state index contributed by atoms with van der Waals surface area (Å²) in [4.78, 5) is 21.9. The smallest absolute Gasteiger partial charge is 0.295 e. The number of anilines is 1.